The lowest BCUT2D eigenvalue weighted by Gasteiger charge is -2.35. The second-order valence-electron chi connectivity index (χ2n) is 5.56. The van der Waals surface area contributed by atoms with Crippen molar-refractivity contribution < 1.29 is 18.7 Å². The third-order valence-corrected chi connectivity index (χ3v) is 4.01. The quantitative estimate of drug-likeness (QED) is 0.790. The van der Waals surface area contributed by atoms with Gasteiger partial charge in [0.1, 0.15) is 18.1 Å². The highest BCUT2D eigenvalue weighted by Crippen LogP contribution is 2.32. The molecule has 0 aromatic heterocycles. The zero-order valence-electron chi connectivity index (χ0n) is 12.4. The van der Waals surface area contributed by atoms with E-state index in [4.69, 9.17) is 4.74 Å². The van der Waals surface area contributed by atoms with Crippen LogP contribution >= 0.6 is 0 Å². The fourth-order valence-electron chi connectivity index (χ4n) is 2.64. The third-order valence-electron chi connectivity index (χ3n) is 4.01. The van der Waals surface area contributed by atoms with Crippen LogP contribution in [-0.2, 0) is 9.59 Å². The fourth-order valence-corrected chi connectivity index (χ4v) is 2.64. The van der Waals surface area contributed by atoms with Crippen LogP contribution in [0.1, 0.15) is 0 Å². The van der Waals surface area contributed by atoms with Crippen molar-refractivity contribution in [2.45, 2.75) is 0 Å². The van der Waals surface area contributed by atoms with E-state index in [1.807, 2.05) is 7.05 Å². The topological polar surface area (TPSA) is 53.1 Å². The van der Waals surface area contributed by atoms with Crippen LogP contribution in [0.4, 0.5) is 10.1 Å². The Morgan fingerprint density at radius 3 is 2.73 bits per heavy atom. The molecule has 7 heteroatoms. The number of benzene rings is 1. The van der Waals surface area contributed by atoms with Gasteiger partial charge in [-0.2, -0.15) is 0 Å². The molecule has 2 amide bonds. The summed E-state index contributed by atoms with van der Waals surface area (Å²) in [5, 5.41) is 0. The van der Waals surface area contributed by atoms with Gasteiger partial charge in [0, 0.05) is 32.2 Å². The Hall–Kier alpha value is -2.15. The SMILES string of the molecule is CN1CCN(C(=O)CN2C(=O)COc3ccc(F)cc32)CC1. The van der Waals surface area contributed by atoms with Crippen LogP contribution in [0.2, 0.25) is 0 Å². The minimum Gasteiger partial charge on any atom is -0.482 e. The lowest BCUT2D eigenvalue weighted by Crippen LogP contribution is -2.52. The molecule has 2 aliphatic heterocycles. The summed E-state index contributed by atoms with van der Waals surface area (Å²) >= 11 is 0. The van der Waals surface area contributed by atoms with Crippen molar-refractivity contribution in [3.8, 4) is 5.75 Å². The standard InChI is InChI=1S/C15H18FN3O3/c1-17-4-6-18(7-5-17)14(20)9-19-12-8-11(16)2-3-13(12)22-10-15(19)21/h2-3,8H,4-7,9-10H2,1H3. The number of nitrogens with zero attached hydrogens (tertiary/aromatic N) is 3. The van der Waals surface area contributed by atoms with Crippen molar-refractivity contribution in [1.29, 1.82) is 0 Å². The molecule has 0 atom stereocenters. The molecule has 0 aliphatic carbocycles. The molecule has 0 spiro atoms. The summed E-state index contributed by atoms with van der Waals surface area (Å²) < 4.78 is 18.7. The van der Waals surface area contributed by atoms with Crippen LogP contribution in [0.15, 0.2) is 18.2 Å². The molecule has 1 aromatic rings. The number of halogens is 1. The monoisotopic (exact) mass is 307 g/mol. The molecule has 6 nitrogen and oxygen atoms in total. The van der Waals surface area contributed by atoms with Gasteiger partial charge in [0.05, 0.1) is 5.69 Å². The van der Waals surface area contributed by atoms with Gasteiger partial charge >= 0.3 is 0 Å². The van der Waals surface area contributed by atoms with Crippen LogP contribution in [0.5, 0.6) is 5.75 Å². The molecule has 0 saturated carbocycles. The maximum absolute atomic E-state index is 13.4. The van der Waals surface area contributed by atoms with Gasteiger partial charge in [-0.05, 0) is 19.2 Å². The van der Waals surface area contributed by atoms with E-state index in [1.54, 1.807) is 4.90 Å². The molecule has 1 aromatic carbocycles. The van der Waals surface area contributed by atoms with Crippen molar-refractivity contribution in [3.63, 3.8) is 0 Å². The number of amides is 2. The molecule has 0 N–H and O–H groups in total. The predicted molar refractivity (Wildman–Crippen MR) is 78.3 cm³/mol. The van der Waals surface area contributed by atoms with E-state index in [2.05, 4.69) is 4.90 Å². The van der Waals surface area contributed by atoms with E-state index in [-0.39, 0.29) is 25.0 Å². The smallest absolute Gasteiger partial charge is 0.265 e. The Bertz CT molecular complexity index is 600. The normalized spacial score (nSPS) is 18.9. The predicted octanol–water partition coefficient (Wildman–Crippen LogP) is 0.325. The highest BCUT2D eigenvalue weighted by Gasteiger charge is 2.30. The van der Waals surface area contributed by atoms with E-state index in [9.17, 15) is 14.0 Å². The van der Waals surface area contributed by atoms with Gasteiger partial charge in [-0.15, -0.1) is 0 Å². The van der Waals surface area contributed by atoms with Crippen molar-refractivity contribution >= 4 is 17.5 Å². The van der Waals surface area contributed by atoms with Gasteiger partial charge in [0.25, 0.3) is 5.91 Å². The molecule has 118 valence electrons. The maximum Gasteiger partial charge on any atom is 0.265 e. The first-order valence-electron chi connectivity index (χ1n) is 7.23. The number of ether oxygens (including phenoxy) is 1. The highest BCUT2D eigenvalue weighted by atomic mass is 19.1. The first-order valence-corrected chi connectivity index (χ1v) is 7.23. The van der Waals surface area contributed by atoms with Gasteiger partial charge in [-0.25, -0.2) is 4.39 Å². The van der Waals surface area contributed by atoms with Crippen LogP contribution in [0, 0.1) is 5.82 Å². The zero-order valence-corrected chi connectivity index (χ0v) is 12.4. The molecule has 2 heterocycles. The third kappa shape index (κ3) is 2.89. The average Bonchev–Trinajstić information content (AvgIpc) is 2.51. The Kier molecular flexibility index (Phi) is 3.98. The minimum atomic E-state index is -0.464. The van der Waals surface area contributed by atoms with Gasteiger partial charge in [-0.3, -0.25) is 14.5 Å². The number of anilines is 1. The van der Waals surface area contributed by atoms with Crippen LogP contribution in [0.25, 0.3) is 0 Å². The molecule has 0 radical (unpaired) electrons. The number of rotatable bonds is 2. The van der Waals surface area contributed by atoms with E-state index in [1.165, 1.54) is 23.1 Å². The number of hydrogen-bond donors (Lipinski definition) is 0. The maximum atomic E-state index is 13.4. The largest absolute Gasteiger partial charge is 0.482 e. The second-order valence-corrected chi connectivity index (χ2v) is 5.56. The first-order chi connectivity index (χ1) is 10.5. The van der Waals surface area contributed by atoms with E-state index in [0.717, 1.165) is 13.1 Å². The molecule has 0 bridgehead atoms. The molecular formula is C15H18FN3O3. The average molecular weight is 307 g/mol. The van der Waals surface area contributed by atoms with Gasteiger partial charge in [-0.1, -0.05) is 0 Å². The zero-order chi connectivity index (χ0) is 15.7. The molecule has 1 fully saturated rings. The number of hydrogen-bond acceptors (Lipinski definition) is 4. The van der Waals surface area contributed by atoms with E-state index >= 15 is 0 Å². The van der Waals surface area contributed by atoms with Crippen molar-refractivity contribution in [2.75, 3.05) is 51.3 Å². The van der Waals surface area contributed by atoms with E-state index < -0.39 is 5.82 Å². The lowest BCUT2D eigenvalue weighted by molar-refractivity contribution is -0.133. The fraction of sp³-hybridized carbons (Fsp3) is 0.467. The van der Waals surface area contributed by atoms with Gasteiger partial charge in [0.15, 0.2) is 6.61 Å². The molecular weight excluding hydrogens is 289 g/mol. The summed E-state index contributed by atoms with van der Waals surface area (Å²) in [6, 6.07) is 3.98. The number of carbonyl (C=O) groups excluding carboxylic acids is 2. The summed E-state index contributed by atoms with van der Waals surface area (Å²) in [5.41, 5.74) is 0.318. The summed E-state index contributed by atoms with van der Waals surface area (Å²) in [4.78, 5) is 29.6. The highest BCUT2D eigenvalue weighted by molar-refractivity contribution is 6.02. The molecule has 1 saturated heterocycles. The van der Waals surface area contributed by atoms with Crippen molar-refractivity contribution in [1.82, 2.24) is 9.80 Å². The Balaban J connectivity index is 1.75. The van der Waals surface area contributed by atoms with Crippen LogP contribution < -0.4 is 9.64 Å². The number of likely N-dealkylation sites (N-methyl/N-ethyl adjacent to an activating group) is 1. The summed E-state index contributed by atoms with van der Waals surface area (Å²) in [5.74, 6) is -0.500. The van der Waals surface area contributed by atoms with Crippen LogP contribution in [0.3, 0.4) is 0 Å². The number of fused-ring (bicyclic) bond motifs is 1. The molecule has 22 heavy (non-hydrogen) atoms. The summed E-state index contributed by atoms with van der Waals surface area (Å²) in [7, 11) is 2.01. The number of carbonyl (C=O) groups is 2. The number of piperazine rings is 1. The Labute approximate surface area is 128 Å². The van der Waals surface area contributed by atoms with Crippen molar-refractivity contribution in [3.05, 3.63) is 24.0 Å². The first kappa shape index (κ1) is 14.8. The Morgan fingerprint density at radius 2 is 2.00 bits per heavy atom. The van der Waals surface area contributed by atoms with Crippen molar-refractivity contribution in [2.24, 2.45) is 0 Å². The molecule has 2 aliphatic rings. The van der Waals surface area contributed by atoms with Gasteiger partial charge < -0.3 is 14.5 Å². The molecule has 0 unspecified atom stereocenters. The van der Waals surface area contributed by atoms with E-state index in [0.29, 0.717) is 24.5 Å². The van der Waals surface area contributed by atoms with Gasteiger partial charge in [0.2, 0.25) is 5.91 Å². The lowest BCUT2D eigenvalue weighted by atomic mass is 10.2. The summed E-state index contributed by atoms with van der Waals surface area (Å²) in [6.07, 6.45) is 0. The minimum absolute atomic E-state index is 0.0810. The molecule has 3 rings (SSSR count). The second kappa shape index (κ2) is 5.92. The Morgan fingerprint density at radius 1 is 1.27 bits per heavy atom. The summed E-state index contributed by atoms with van der Waals surface area (Å²) in [6.45, 7) is 2.70. The van der Waals surface area contributed by atoms with Crippen LogP contribution in [-0.4, -0.2) is 68.0 Å².